The lowest BCUT2D eigenvalue weighted by Gasteiger charge is -2.10. The van der Waals surface area contributed by atoms with Gasteiger partial charge in [-0.05, 0) is 35.8 Å². The van der Waals surface area contributed by atoms with Gasteiger partial charge >= 0.3 is 16.1 Å². The largest absolute Gasteiger partial charge is 0.507 e. The summed E-state index contributed by atoms with van der Waals surface area (Å²) in [6.45, 7) is 3.47. The number of rotatable bonds is 11. The van der Waals surface area contributed by atoms with Gasteiger partial charge in [0.25, 0.3) is 0 Å². The highest BCUT2D eigenvalue weighted by Crippen LogP contribution is 2.22. The fourth-order valence-electron chi connectivity index (χ4n) is 1.07. The zero-order valence-corrected chi connectivity index (χ0v) is 12.6. The Morgan fingerprint density at radius 1 is 0.889 bits per heavy atom. The third-order valence-electron chi connectivity index (χ3n) is 2.17. The summed E-state index contributed by atoms with van der Waals surface area (Å²) >= 11 is 0. The molecule has 0 radical (unpaired) electrons. The van der Waals surface area contributed by atoms with Gasteiger partial charge < -0.3 is 10.2 Å². The van der Waals surface area contributed by atoms with E-state index in [0.717, 1.165) is 0 Å². The van der Waals surface area contributed by atoms with Gasteiger partial charge in [-0.3, -0.25) is 0 Å². The smallest absolute Gasteiger partial charge is 0.391 e. The lowest BCUT2D eigenvalue weighted by atomic mass is 10.1. The van der Waals surface area contributed by atoms with Crippen LogP contribution in [-0.4, -0.2) is 48.0 Å². The van der Waals surface area contributed by atoms with Crippen molar-refractivity contribution in [2.45, 2.75) is 38.9 Å². The number of hydrogen-bond acceptors (Lipinski definition) is 6. The predicted octanol–water partition coefficient (Wildman–Crippen LogP) is 2.05. The maximum absolute atomic E-state index is 11.0. The summed E-state index contributed by atoms with van der Waals surface area (Å²) in [5, 5.41) is 19.0. The second-order valence-corrected chi connectivity index (χ2v) is 6.89. The van der Waals surface area contributed by atoms with Gasteiger partial charge in [-0.15, -0.1) is 9.05 Å². The molecular weight excluding hydrogens is 278 g/mol. The minimum absolute atomic E-state index is 0.000154. The van der Waals surface area contributed by atoms with Crippen molar-refractivity contribution in [3.8, 4) is 0 Å². The van der Waals surface area contributed by atoms with Crippen molar-refractivity contribution in [3.63, 3.8) is 0 Å². The van der Waals surface area contributed by atoms with Crippen molar-refractivity contribution >= 4 is 16.1 Å². The van der Waals surface area contributed by atoms with E-state index in [1.807, 2.05) is 0 Å². The summed E-state index contributed by atoms with van der Waals surface area (Å²) in [4.78, 5) is 0. The van der Waals surface area contributed by atoms with E-state index in [0.29, 0.717) is 25.2 Å². The lowest BCUT2D eigenvalue weighted by Crippen LogP contribution is -2.19. The molecule has 0 saturated carbocycles. The minimum Gasteiger partial charge on any atom is -0.391 e. The first-order valence-electron chi connectivity index (χ1n) is 6.00. The molecule has 0 aliphatic heterocycles. The second kappa shape index (κ2) is 10.9. The van der Waals surface area contributed by atoms with Crippen LogP contribution in [0, 0.1) is 0 Å². The minimum atomic E-state index is -1.69. The molecule has 18 heavy (non-hydrogen) atoms. The molecule has 0 amide bonds. The maximum Gasteiger partial charge on any atom is 0.507 e. The summed E-state index contributed by atoms with van der Waals surface area (Å²) in [7, 11) is -3.38. The van der Waals surface area contributed by atoms with Crippen LogP contribution in [0.5, 0.6) is 0 Å². The zero-order valence-electron chi connectivity index (χ0n) is 10.8. The van der Waals surface area contributed by atoms with Crippen LogP contribution in [0.1, 0.15) is 26.7 Å². The fourth-order valence-corrected chi connectivity index (χ4v) is 2.11. The molecule has 0 rings (SSSR count). The summed E-state index contributed by atoms with van der Waals surface area (Å²) in [6, 6.07) is 0. The van der Waals surface area contributed by atoms with Crippen LogP contribution >= 0.6 is 16.1 Å². The monoisotopic (exact) mass is 300 g/mol. The van der Waals surface area contributed by atoms with Gasteiger partial charge in [0.1, 0.15) is 13.2 Å². The molecule has 4 atom stereocenters. The number of hydrogen-bond donors (Lipinski definition) is 2. The Morgan fingerprint density at radius 3 is 1.50 bits per heavy atom. The van der Waals surface area contributed by atoms with Crippen LogP contribution < -0.4 is 0 Å². The number of aliphatic hydroxyl groups excluding tert-OH is 2. The van der Waals surface area contributed by atoms with Crippen LogP contribution in [0.2, 0.25) is 0 Å². The van der Waals surface area contributed by atoms with Gasteiger partial charge in [-0.1, -0.05) is 0 Å². The summed E-state index contributed by atoms with van der Waals surface area (Å²) in [6.07, 6.45) is -0.0404. The molecule has 0 bridgehead atoms. The molecule has 6 nitrogen and oxygen atoms in total. The Kier molecular flexibility index (Phi) is 10.9. The molecule has 0 aromatic carbocycles. The van der Waals surface area contributed by atoms with Crippen molar-refractivity contribution in [1.82, 2.24) is 0 Å². The van der Waals surface area contributed by atoms with Crippen LogP contribution in [-0.2, 0) is 18.2 Å². The van der Waals surface area contributed by atoms with Crippen molar-refractivity contribution in [1.29, 1.82) is 0 Å². The quantitative estimate of drug-likeness (QED) is 0.567. The van der Waals surface area contributed by atoms with Gasteiger partial charge in [-0.2, -0.15) is 0 Å². The first-order valence-corrected chi connectivity index (χ1v) is 8.73. The summed E-state index contributed by atoms with van der Waals surface area (Å²) < 4.78 is 31.8. The molecule has 0 aliphatic rings. The maximum atomic E-state index is 11.0. The molecule has 8 heteroatoms. The lowest BCUT2D eigenvalue weighted by molar-refractivity contribution is 0.0624. The second-order valence-electron chi connectivity index (χ2n) is 3.77. The Labute approximate surface area is 109 Å². The van der Waals surface area contributed by atoms with Crippen molar-refractivity contribution in [3.05, 3.63) is 0 Å². The van der Waals surface area contributed by atoms with Crippen LogP contribution in [0.4, 0.5) is 0 Å². The Morgan fingerprint density at radius 2 is 1.22 bits per heavy atom. The highest BCUT2D eigenvalue weighted by Gasteiger charge is 2.20. The van der Waals surface area contributed by atoms with Gasteiger partial charge in [0.2, 0.25) is 0 Å². The van der Waals surface area contributed by atoms with E-state index in [2.05, 4.69) is 0 Å². The standard InChI is InChI=1S/C10H22O6P2/c1-3-17(13)15-7-9(11)5-6-10(12)8-16-18(14)4-2/h9-12H,3-8H2,1-2H3/q+2. The van der Waals surface area contributed by atoms with E-state index < -0.39 is 28.3 Å². The topological polar surface area (TPSA) is 93.1 Å². The third-order valence-corrected chi connectivity index (χ3v) is 4.08. The van der Waals surface area contributed by atoms with Gasteiger partial charge in [0.05, 0.1) is 12.2 Å². The summed E-state index contributed by atoms with van der Waals surface area (Å²) in [5.74, 6) is 0. The predicted molar refractivity (Wildman–Crippen MR) is 69.4 cm³/mol. The van der Waals surface area contributed by atoms with Crippen LogP contribution in [0.25, 0.3) is 0 Å². The van der Waals surface area contributed by atoms with E-state index in [-0.39, 0.29) is 13.2 Å². The Bertz CT molecular complexity index is 235. The Balaban J connectivity index is 3.61. The van der Waals surface area contributed by atoms with Gasteiger partial charge in [-0.25, -0.2) is 0 Å². The molecule has 0 fully saturated rings. The summed E-state index contributed by atoms with van der Waals surface area (Å²) in [5.41, 5.74) is 0. The highest BCUT2D eigenvalue weighted by atomic mass is 31.1. The molecule has 0 aromatic heterocycles. The molecule has 0 aliphatic carbocycles. The van der Waals surface area contributed by atoms with E-state index in [4.69, 9.17) is 9.05 Å². The van der Waals surface area contributed by atoms with Gasteiger partial charge in [0, 0.05) is 0 Å². The van der Waals surface area contributed by atoms with E-state index in [9.17, 15) is 19.3 Å². The molecule has 4 unspecified atom stereocenters. The molecule has 2 N–H and O–H groups in total. The number of aliphatic hydroxyl groups is 2. The highest BCUT2D eigenvalue weighted by molar-refractivity contribution is 7.39. The average Bonchev–Trinajstić information content (AvgIpc) is 2.39. The van der Waals surface area contributed by atoms with E-state index >= 15 is 0 Å². The van der Waals surface area contributed by atoms with Crippen LogP contribution in [0.3, 0.4) is 0 Å². The Hall–Kier alpha value is 0.0400. The molecule has 0 spiro atoms. The van der Waals surface area contributed by atoms with Crippen LogP contribution in [0.15, 0.2) is 0 Å². The van der Waals surface area contributed by atoms with Crippen molar-refractivity contribution in [2.24, 2.45) is 0 Å². The van der Waals surface area contributed by atoms with E-state index in [1.54, 1.807) is 13.8 Å². The molecular formula is C10H22O6P2+2. The zero-order chi connectivity index (χ0) is 14.0. The SMILES string of the molecule is CC[P+](=O)OCC(O)CCC(O)CO[P+](=O)CC. The molecule has 106 valence electrons. The third kappa shape index (κ3) is 10.0. The van der Waals surface area contributed by atoms with Crippen molar-refractivity contribution < 1.29 is 28.4 Å². The van der Waals surface area contributed by atoms with Crippen molar-refractivity contribution in [2.75, 3.05) is 25.5 Å². The van der Waals surface area contributed by atoms with Gasteiger partial charge in [0.15, 0.2) is 12.3 Å². The fraction of sp³-hybridized carbons (Fsp3) is 1.00. The molecule has 0 heterocycles. The molecule has 0 saturated heterocycles. The van der Waals surface area contributed by atoms with E-state index in [1.165, 1.54) is 0 Å². The average molecular weight is 300 g/mol. The molecule has 0 aromatic rings. The first-order chi connectivity index (χ1) is 8.49. The normalized spacial score (nSPS) is 16.2. The first kappa shape index (κ1) is 18.0.